The fourth-order valence-corrected chi connectivity index (χ4v) is 3.77. The number of methoxy groups -OCH3 is 2. The van der Waals surface area contributed by atoms with E-state index in [-0.39, 0.29) is 11.4 Å². The molecule has 1 aliphatic rings. The summed E-state index contributed by atoms with van der Waals surface area (Å²) in [5.74, 6) is -0.00248. The summed E-state index contributed by atoms with van der Waals surface area (Å²) in [5.41, 5.74) is 2.82. The summed E-state index contributed by atoms with van der Waals surface area (Å²) < 4.78 is 27.2. The molecule has 1 N–H and O–H groups in total. The number of esters is 1. The van der Waals surface area contributed by atoms with E-state index in [4.69, 9.17) is 23.7 Å². The molecule has 0 spiro atoms. The molecule has 4 aromatic rings. The van der Waals surface area contributed by atoms with E-state index in [1.807, 2.05) is 6.07 Å². The number of hydrogen-bond acceptors (Lipinski definition) is 9. The van der Waals surface area contributed by atoms with Crippen LogP contribution in [0.3, 0.4) is 0 Å². The first-order chi connectivity index (χ1) is 17.9. The van der Waals surface area contributed by atoms with Gasteiger partial charge in [-0.2, -0.15) is 0 Å². The van der Waals surface area contributed by atoms with Gasteiger partial charge in [0.1, 0.15) is 11.4 Å². The Hall–Kier alpha value is -5.12. The lowest BCUT2D eigenvalue weighted by Crippen LogP contribution is -2.26. The minimum atomic E-state index is -1.31. The van der Waals surface area contributed by atoms with Gasteiger partial charge in [-0.1, -0.05) is 12.1 Å². The van der Waals surface area contributed by atoms with Gasteiger partial charge >= 0.3 is 18.4 Å². The lowest BCUT2D eigenvalue weighted by atomic mass is 10.1. The molecule has 5 rings (SSSR count). The van der Waals surface area contributed by atoms with Gasteiger partial charge in [0, 0.05) is 12.4 Å². The zero-order valence-corrected chi connectivity index (χ0v) is 19.7. The summed E-state index contributed by atoms with van der Waals surface area (Å²) in [7, 11) is 3.10. The van der Waals surface area contributed by atoms with Crippen LogP contribution < -0.4 is 18.9 Å². The minimum absolute atomic E-state index is 0.0640. The third kappa shape index (κ3) is 4.85. The summed E-state index contributed by atoms with van der Waals surface area (Å²) >= 11 is 0. The van der Waals surface area contributed by atoms with Gasteiger partial charge in [-0.05, 0) is 70.8 Å². The summed E-state index contributed by atoms with van der Waals surface area (Å²) in [6.45, 7) is -1.31. The molecule has 0 saturated carbocycles. The van der Waals surface area contributed by atoms with Crippen molar-refractivity contribution in [1.82, 2.24) is 9.97 Å². The number of hydrogen-bond donors (Lipinski definition) is 1. The number of carbonyl (C=O) groups is 2. The molecule has 0 amide bonds. The van der Waals surface area contributed by atoms with Crippen molar-refractivity contribution >= 4 is 11.9 Å². The zero-order chi connectivity index (χ0) is 25.9. The summed E-state index contributed by atoms with van der Waals surface area (Å²) in [4.78, 5) is 32.0. The topological polar surface area (TPSA) is 126 Å². The molecule has 0 fully saturated rings. The highest BCUT2D eigenvalue weighted by atomic mass is 16.9. The Bertz CT molecular complexity index is 1500. The van der Waals surface area contributed by atoms with Crippen LogP contribution in [0.2, 0.25) is 0 Å². The van der Waals surface area contributed by atoms with Crippen LogP contribution in [0.5, 0.6) is 23.0 Å². The highest BCUT2D eigenvalue weighted by molar-refractivity contribution is 5.89. The van der Waals surface area contributed by atoms with Crippen molar-refractivity contribution in [2.45, 2.75) is 6.48 Å². The van der Waals surface area contributed by atoms with E-state index in [0.29, 0.717) is 34.1 Å². The number of ether oxygens (including phenoxy) is 5. The van der Waals surface area contributed by atoms with E-state index in [1.165, 1.54) is 18.5 Å². The first kappa shape index (κ1) is 23.6. The molecule has 0 aliphatic carbocycles. The quantitative estimate of drug-likeness (QED) is 0.364. The molecule has 0 saturated heterocycles. The van der Waals surface area contributed by atoms with Gasteiger partial charge in [-0.3, -0.25) is 0 Å². The molecule has 2 aromatic carbocycles. The van der Waals surface area contributed by atoms with Gasteiger partial charge in [-0.25, -0.2) is 19.6 Å². The van der Waals surface area contributed by atoms with Crippen LogP contribution in [-0.4, -0.2) is 47.7 Å². The van der Waals surface area contributed by atoms with Crippen molar-refractivity contribution in [3.05, 3.63) is 84.4 Å². The van der Waals surface area contributed by atoms with Crippen LogP contribution in [0.15, 0.2) is 73.1 Å². The fourth-order valence-electron chi connectivity index (χ4n) is 3.77. The van der Waals surface area contributed by atoms with E-state index >= 15 is 0 Å². The number of carboxylic acid groups (broad SMARTS) is 1. The molecule has 2 aromatic heterocycles. The predicted octanol–water partition coefficient (Wildman–Crippen LogP) is 4.44. The van der Waals surface area contributed by atoms with Crippen molar-refractivity contribution in [3.63, 3.8) is 0 Å². The molecule has 1 atom stereocenters. The van der Waals surface area contributed by atoms with E-state index in [1.54, 1.807) is 62.8 Å². The number of fused-ring (bicyclic) bond motifs is 1. The van der Waals surface area contributed by atoms with Crippen molar-refractivity contribution < 1.29 is 38.4 Å². The Kier molecular flexibility index (Phi) is 6.29. The summed E-state index contributed by atoms with van der Waals surface area (Å²) in [6, 6.07) is 16.9. The van der Waals surface area contributed by atoms with E-state index in [2.05, 4.69) is 9.97 Å². The first-order valence-electron chi connectivity index (χ1n) is 11.0. The van der Waals surface area contributed by atoms with Crippen molar-refractivity contribution in [1.29, 1.82) is 0 Å². The lowest BCUT2D eigenvalue weighted by molar-refractivity contribution is -0.140. The van der Waals surface area contributed by atoms with Crippen LogP contribution in [-0.2, 0) is 4.74 Å². The van der Waals surface area contributed by atoms with Crippen LogP contribution in [0.1, 0.15) is 21.0 Å². The van der Waals surface area contributed by atoms with Crippen LogP contribution >= 0.6 is 0 Å². The number of pyridine rings is 2. The number of aromatic nitrogens is 2. The molecule has 10 heteroatoms. The van der Waals surface area contributed by atoms with Crippen molar-refractivity contribution in [2.24, 2.45) is 0 Å². The maximum Gasteiger partial charge on any atom is 0.409 e. The average Bonchev–Trinajstić information content (AvgIpc) is 3.34. The first-order valence-corrected chi connectivity index (χ1v) is 11.0. The molecule has 1 unspecified atom stereocenters. The van der Waals surface area contributed by atoms with Gasteiger partial charge in [0.25, 0.3) is 0 Å². The van der Waals surface area contributed by atoms with E-state index < -0.39 is 18.4 Å². The van der Waals surface area contributed by atoms with Gasteiger partial charge < -0.3 is 28.8 Å². The number of rotatable bonds is 7. The van der Waals surface area contributed by atoms with Crippen molar-refractivity contribution in [2.75, 3.05) is 14.2 Å². The largest absolute Gasteiger partial charge is 0.493 e. The highest BCUT2D eigenvalue weighted by Gasteiger charge is 2.29. The second-order valence-electron chi connectivity index (χ2n) is 7.83. The predicted molar refractivity (Wildman–Crippen MR) is 130 cm³/mol. The number of aromatic carboxylic acids is 1. The van der Waals surface area contributed by atoms with Gasteiger partial charge in [0.15, 0.2) is 23.0 Å². The Morgan fingerprint density at radius 1 is 0.730 bits per heavy atom. The minimum Gasteiger partial charge on any atom is -0.493 e. The Morgan fingerprint density at radius 3 is 2.03 bits per heavy atom. The van der Waals surface area contributed by atoms with Crippen LogP contribution in [0.4, 0.5) is 0 Å². The lowest BCUT2D eigenvalue weighted by Gasteiger charge is -2.12. The van der Waals surface area contributed by atoms with Gasteiger partial charge in [0.2, 0.25) is 0 Å². The molecule has 10 nitrogen and oxygen atoms in total. The fraction of sp³-hybridized carbons (Fsp3) is 0.111. The van der Waals surface area contributed by atoms with Crippen molar-refractivity contribution in [3.8, 4) is 45.3 Å². The Labute approximate surface area is 211 Å². The smallest absolute Gasteiger partial charge is 0.409 e. The van der Waals surface area contributed by atoms with E-state index in [9.17, 15) is 14.7 Å². The van der Waals surface area contributed by atoms with E-state index in [0.717, 1.165) is 11.1 Å². The Balaban J connectivity index is 1.30. The number of nitrogens with zero attached hydrogens (tertiary/aromatic N) is 2. The molecular weight excluding hydrogens is 480 g/mol. The molecule has 0 bridgehead atoms. The maximum absolute atomic E-state index is 12.8. The number of carbonyl (C=O) groups excluding carboxylic acids is 1. The second-order valence-corrected chi connectivity index (χ2v) is 7.83. The van der Waals surface area contributed by atoms with Crippen LogP contribution in [0, 0.1) is 0 Å². The molecule has 3 heterocycles. The Morgan fingerprint density at radius 2 is 1.32 bits per heavy atom. The standard InChI is InChI=1S/C27H20N2O8/c1-33-21-5-3-15(13-23(21)34-2)18-8-10-29-20(12-18)26(32)37-27-35-22-6-4-16(14-24(22)36-27)17-7-9-28-19(11-17)25(30)31/h3-14,27H,1-2H3,(H,30,31). The average molecular weight is 500 g/mol. The SMILES string of the molecule is COc1ccc(-c2ccnc(C(=O)OC3Oc4ccc(-c5ccnc(C(=O)O)c5)cc4O3)c2)cc1OC. The molecule has 0 radical (unpaired) electrons. The van der Waals surface area contributed by atoms with Gasteiger partial charge in [0.05, 0.1) is 14.2 Å². The number of carboxylic acids is 1. The maximum atomic E-state index is 12.8. The normalized spacial score (nSPS) is 13.6. The molecule has 37 heavy (non-hydrogen) atoms. The highest BCUT2D eigenvalue weighted by Crippen LogP contribution is 2.38. The van der Waals surface area contributed by atoms with Crippen LogP contribution in [0.25, 0.3) is 22.3 Å². The third-order valence-corrected chi connectivity index (χ3v) is 5.59. The summed E-state index contributed by atoms with van der Waals surface area (Å²) in [6.07, 6.45) is 2.91. The zero-order valence-electron chi connectivity index (χ0n) is 19.7. The summed E-state index contributed by atoms with van der Waals surface area (Å²) in [5, 5.41) is 9.18. The second kappa shape index (κ2) is 9.86. The molecular formula is C27H20N2O8. The molecule has 1 aliphatic heterocycles. The van der Waals surface area contributed by atoms with Gasteiger partial charge in [-0.15, -0.1) is 0 Å². The number of benzene rings is 2. The third-order valence-electron chi connectivity index (χ3n) is 5.59. The molecule has 186 valence electrons. The monoisotopic (exact) mass is 500 g/mol.